The normalized spacial score (nSPS) is 20.1. The van der Waals surface area contributed by atoms with E-state index in [4.69, 9.17) is 4.74 Å². The van der Waals surface area contributed by atoms with Crippen LogP contribution in [0.1, 0.15) is 23.3 Å². The molecule has 2 aliphatic rings. The van der Waals surface area contributed by atoms with Gasteiger partial charge in [-0.3, -0.25) is 9.89 Å². The Morgan fingerprint density at radius 2 is 1.93 bits per heavy atom. The molecular formula is C23H21N5O2. The molecule has 7 heteroatoms. The van der Waals surface area contributed by atoms with E-state index < -0.39 is 0 Å². The predicted molar refractivity (Wildman–Crippen MR) is 111 cm³/mol. The van der Waals surface area contributed by atoms with E-state index in [-0.39, 0.29) is 18.0 Å². The van der Waals surface area contributed by atoms with Crippen LogP contribution in [0.5, 0.6) is 11.5 Å². The van der Waals surface area contributed by atoms with Crippen LogP contribution in [-0.4, -0.2) is 51.1 Å². The Morgan fingerprint density at radius 1 is 1.13 bits per heavy atom. The molecule has 0 saturated carbocycles. The van der Waals surface area contributed by atoms with E-state index in [2.05, 4.69) is 16.4 Å². The Bertz CT molecular complexity index is 1100. The minimum Gasteiger partial charge on any atom is -0.457 e. The molecule has 3 heterocycles. The fourth-order valence-corrected chi connectivity index (χ4v) is 4.36. The number of amides is 1. The van der Waals surface area contributed by atoms with Crippen LogP contribution in [0.3, 0.4) is 0 Å². The van der Waals surface area contributed by atoms with E-state index in [9.17, 15) is 10.1 Å². The average molecular weight is 399 g/mol. The second-order valence-electron chi connectivity index (χ2n) is 7.66. The number of aromatic amines is 1. The number of para-hydroxylation sites is 2. The summed E-state index contributed by atoms with van der Waals surface area (Å²) < 4.78 is 6.03. The Hall–Kier alpha value is -3.79. The first-order chi connectivity index (χ1) is 14.7. The summed E-state index contributed by atoms with van der Waals surface area (Å²) in [6, 6.07) is 19.3. The standard InChI is InChI=1S/C23H21N5O2/c24-15-27-14-17-12-16(27)10-11-28(17)23(29)21-13-20(25-26-21)19-8-4-5-9-22(19)30-18-6-2-1-3-7-18/h1-9,13,16-17H,10-12,14H2,(H,25,26)/t16?,17-/m0/s1. The lowest BCUT2D eigenvalue weighted by molar-refractivity contribution is 0.0651. The first-order valence-electron chi connectivity index (χ1n) is 10.1. The maximum atomic E-state index is 13.1. The number of fused-ring (bicyclic) bond motifs is 2. The highest BCUT2D eigenvalue weighted by Crippen LogP contribution is 2.34. The lowest BCUT2D eigenvalue weighted by Gasteiger charge is -2.31. The summed E-state index contributed by atoms with van der Waals surface area (Å²) in [6.07, 6.45) is 3.93. The van der Waals surface area contributed by atoms with Crippen LogP contribution in [0.4, 0.5) is 0 Å². The van der Waals surface area contributed by atoms with Crippen molar-refractivity contribution in [1.29, 1.82) is 5.26 Å². The molecule has 1 unspecified atom stereocenters. The molecule has 2 aliphatic heterocycles. The molecule has 3 aromatic rings. The number of nitrogens with zero attached hydrogens (tertiary/aromatic N) is 4. The highest BCUT2D eigenvalue weighted by atomic mass is 16.5. The molecule has 0 radical (unpaired) electrons. The number of aromatic nitrogens is 2. The number of nitrogens with one attached hydrogen (secondary N) is 1. The van der Waals surface area contributed by atoms with Crippen molar-refractivity contribution in [1.82, 2.24) is 20.0 Å². The van der Waals surface area contributed by atoms with Crippen molar-refractivity contribution in [3.8, 4) is 28.9 Å². The monoisotopic (exact) mass is 399 g/mol. The molecule has 1 aromatic heterocycles. The Balaban J connectivity index is 1.38. The quantitative estimate of drug-likeness (QED) is 0.677. The van der Waals surface area contributed by atoms with Gasteiger partial charge in [0.15, 0.2) is 6.19 Å². The Morgan fingerprint density at radius 3 is 2.77 bits per heavy atom. The number of ether oxygens (including phenoxy) is 1. The van der Waals surface area contributed by atoms with Gasteiger partial charge in [-0.15, -0.1) is 0 Å². The molecule has 5 rings (SSSR count). The molecule has 1 amide bonds. The summed E-state index contributed by atoms with van der Waals surface area (Å²) in [5, 5.41) is 16.5. The lowest BCUT2D eigenvalue weighted by Crippen LogP contribution is -2.44. The Kier molecular flexibility index (Phi) is 4.60. The number of piperidine rings is 1. The number of nitriles is 1. The summed E-state index contributed by atoms with van der Waals surface area (Å²) in [5.74, 6) is 1.34. The van der Waals surface area contributed by atoms with Crippen LogP contribution in [0.2, 0.25) is 0 Å². The number of rotatable bonds is 4. The smallest absolute Gasteiger partial charge is 0.272 e. The SMILES string of the molecule is N#CN1C[C@@H]2CC1CCN2C(=O)c1cc(-c2ccccc2Oc2ccccc2)n[nH]1. The largest absolute Gasteiger partial charge is 0.457 e. The van der Waals surface area contributed by atoms with Gasteiger partial charge in [0.1, 0.15) is 17.2 Å². The molecule has 1 N–H and O–H groups in total. The number of hydrogen-bond acceptors (Lipinski definition) is 5. The van der Waals surface area contributed by atoms with Crippen LogP contribution < -0.4 is 4.74 Å². The lowest BCUT2D eigenvalue weighted by atomic mass is 10.0. The zero-order valence-electron chi connectivity index (χ0n) is 16.4. The molecule has 2 bridgehead atoms. The second kappa shape index (κ2) is 7.56. The first kappa shape index (κ1) is 18.3. The number of carbonyl (C=O) groups excluding carboxylic acids is 1. The van der Waals surface area contributed by atoms with Gasteiger partial charge in [0.25, 0.3) is 5.91 Å². The molecule has 7 nitrogen and oxygen atoms in total. The molecule has 0 aliphatic carbocycles. The third-order valence-electron chi connectivity index (χ3n) is 5.87. The van der Waals surface area contributed by atoms with E-state index in [1.54, 1.807) is 11.0 Å². The van der Waals surface area contributed by atoms with Gasteiger partial charge in [-0.05, 0) is 43.2 Å². The number of benzene rings is 2. The predicted octanol–water partition coefficient (Wildman–Crippen LogP) is 3.64. The molecule has 0 spiro atoms. The number of H-pyrrole nitrogens is 1. The fraction of sp³-hybridized carbons (Fsp3) is 0.261. The minimum absolute atomic E-state index is 0.0709. The van der Waals surface area contributed by atoms with E-state index in [0.29, 0.717) is 30.2 Å². The van der Waals surface area contributed by atoms with Gasteiger partial charge < -0.3 is 14.5 Å². The summed E-state index contributed by atoms with van der Waals surface area (Å²) >= 11 is 0. The first-order valence-corrected chi connectivity index (χ1v) is 10.1. The summed E-state index contributed by atoms with van der Waals surface area (Å²) in [5.41, 5.74) is 1.92. The second-order valence-corrected chi connectivity index (χ2v) is 7.66. The van der Waals surface area contributed by atoms with Crippen LogP contribution in [0.25, 0.3) is 11.3 Å². The number of likely N-dealkylation sites (tertiary alicyclic amines) is 2. The molecule has 2 saturated heterocycles. The highest BCUT2D eigenvalue weighted by Gasteiger charge is 2.41. The minimum atomic E-state index is -0.0709. The van der Waals surface area contributed by atoms with Gasteiger partial charge in [-0.2, -0.15) is 10.4 Å². The van der Waals surface area contributed by atoms with Gasteiger partial charge in [0, 0.05) is 24.7 Å². The highest BCUT2D eigenvalue weighted by molar-refractivity contribution is 5.94. The summed E-state index contributed by atoms with van der Waals surface area (Å²) in [7, 11) is 0. The molecule has 150 valence electrons. The van der Waals surface area contributed by atoms with E-state index in [1.807, 2.05) is 59.5 Å². The fourth-order valence-electron chi connectivity index (χ4n) is 4.36. The van der Waals surface area contributed by atoms with E-state index >= 15 is 0 Å². The summed E-state index contributed by atoms with van der Waals surface area (Å²) in [4.78, 5) is 16.8. The third-order valence-corrected chi connectivity index (χ3v) is 5.87. The van der Waals surface area contributed by atoms with Crippen LogP contribution in [-0.2, 0) is 0 Å². The molecular weight excluding hydrogens is 378 g/mol. The maximum absolute atomic E-state index is 13.1. The Labute approximate surface area is 174 Å². The zero-order valence-corrected chi connectivity index (χ0v) is 16.4. The molecule has 2 aromatic carbocycles. The molecule has 30 heavy (non-hydrogen) atoms. The molecule has 2 atom stereocenters. The summed E-state index contributed by atoms with van der Waals surface area (Å²) in [6.45, 7) is 1.27. The van der Waals surface area contributed by atoms with Crippen molar-refractivity contribution < 1.29 is 9.53 Å². The van der Waals surface area contributed by atoms with Gasteiger partial charge >= 0.3 is 0 Å². The van der Waals surface area contributed by atoms with Crippen molar-refractivity contribution in [3.05, 3.63) is 66.4 Å². The van der Waals surface area contributed by atoms with Crippen molar-refractivity contribution in [2.24, 2.45) is 0 Å². The van der Waals surface area contributed by atoms with Crippen LogP contribution in [0, 0.1) is 11.5 Å². The van der Waals surface area contributed by atoms with Crippen LogP contribution >= 0.6 is 0 Å². The third kappa shape index (κ3) is 3.26. The van der Waals surface area contributed by atoms with Gasteiger partial charge in [-0.1, -0.05) is 30.3 Å². The van der Waals surface area contributed by atoms with Crippen molar-refractivity contribution in [2.45, 2.75) is 24.9 Å². The van der Waals surface area contributed by atoms with E-state index in [0.717, 1.165) is 24.2 Å². The maximum Gasteiger partial charge on any atom is 0.272 e. The van der Waals surface area contributed by atoms with Crippen molar-refractivity contribution >= 4 is 5.91 Å². The van der Waals surface area contributed by atoms with Gasteiger partial charge in [0.2, 0.25) is 0 Å². The topological polar surface area (TPSA) is 85.2 Å². The van der Waals surface area contributed by atoms with Crippen molar-refractivity contribution in [2.75, 3.05) is 13.1 Å². The van der Waals surface area contributed by atoms with Crippen molar-refractivity contribution in [3.63, 3.8) is 0 Å². The molecule has 2 fully saturated rings. The van der Waals surface area contributed by atoms with Crippen LogP contribution in [0.15, 0.2) is 60.7 Å². The number of hydrogen-bond donors (Lipinski definition) is 1. The average Bonchev–Trinajstić information content (AvgIpc) is 3.39. The van der Waals surface area contributed by atoms with Gasteiger partial charge in [0.05, 0.1) is 11.7 Å². The zero-order chi connectivity index (χ0) is 20.5. The van der Waals surface area contributed by atoms with E-state index in [1.165, 1.54) is 0 Å². The number of carbonyl (C=O) groups is 1. The van der Waals surface area contributed by atoms with Gasteiger partial charge in [-0.25, -0.2) is 0 Å².